The van der Waals surface area contributed by atoms with Crippen LogP contribution in [0.25, 0.3) is 0 Å². The first-order chi connectivity index (χ1) is 8.29. The largest absolute Gasteiger partial charge is 0.316 e. The van der Waals surface area contributed by atoms with Gasteiger partial charge in [0.1, 0.15) is 0 Å². The molecule has 1 aromatic heterocycles. The monoisotopic (exact) mass is 236 g/mol. The fourth-order valence-corrected chi connectivity index (χ4v) is 2.64. The van der Waals surface area contributed by atoms with Crippen molar-refractivity contribution in [2.75, 3.05) is 26.7 Å². The van der Waals surface area contributed by atoms with E-state index in [1.807, 2.05) is 6.20 Å². The number of hydrogen-bond donors (Lipinski definition) is 1. The molecule has 1 fully saturated rings. The second kappa shape index (κ2) is 6.17. The van der Waals surface area contributed by atoms with Gasteiger partial charge in [-0.3, -0.25) is 4.68 Å². The zero-order valence-electron chi connectivity index (χ0n) is 11.0. The van der Waals surface area contributed by atoms with Crippen molar-refractivity contribution in [1.82, 2.24) is 20.0 Å². The number of nitrogens with one attached hydrogen (secondary N) is 1. The minimum absolute atomic E-state index is 0.812. The van der Waals surface area contributed by atoms with Gasteiger partial charge in [0.25, 0.3) is 0 Å². The molecule has 0 saturated carbocycles. The molecule has 2 rings (SSSR count). The molecule has 2 heterocycles. The second-order valence-corrected chi connectivity index (χ2v) is 5.05. The quantitative estimate of drug-likeness (QED) is 0.837. The van der Waals surface area contributed by atoms with Crippen molar-refractivity contribution in [1.29, 1.82) is 0 Å². The average Bonchev–Trinajstić information content (AvgIpc) is 2.77. The zero-order chi connectivity index (χ0) is 12.1. The molecule has 0 aromatic carbocycles. The van der Waals surface area contributed by atoms with Gasteiger partial charge in [-0.25, -0.2) is 0 Å². The summed E-state index contributed by atoms with van der Waals surface area (Å²) < 4.78 is 2.08. The Morgan fingerprint density at radius 3 is 3.18 bits per heavy atom. The van der Waals surface area contributed by atoms with E-state index in [4.69, 9.17) is 0 Å². The molecular weight excluding hydrogens is 212 g/mol. The van der Waals surface area contributed by atoms with Crippen molar-refractivity contribution in [3.05, 3.63) is 18.0 Å². The highest BCUT2D eigenvalue weighted by atomic mass is 15.3. The van der Waals surface area contributed by atoms with Crippen LogP contribution in [-0.2, 0) is 13.1 Å². The number of aromatic nitrogens is 2. The number of piperidine rings is 1. The standard InChI is InChI=1S/C13H24N4/c1-3-17-13(6-8-15-17)11-16(2)10-12-5-4-7-14-9-12/h6,8,12,14H,3-5,7,9-11H2,1-2H3. The van der Waals surface area contributed by atoms with Gasteiger partial charge in [-0.05, 0) is 51.9 Å². The Morgan fingerprint density at radius 1 is 1.59 bits per heavy atom. The molecule has 1 N–H and O–H groups in total. The molecule has 4 nitrogen and oxygen atoms in total. The predicted octanol–water partition coefficient (Wildman–Crippen LogP) is 1.33. The summed E-state index contributed by atoms with van der Waals surface area (Å²) in [6, 6.07) is 2.12. The van der Waals surface area contributed by atoms with Crippen LogP contribution in [0.15, 0.2) is 12.3 Å². The summed E-state index contributed by atoms with van der Waals surface area (Å²) in [4.78, 5) is 2.42. The molecule has 4 heteroatoms. The van der Waals surface area contributed by atoms with E-state index < -0.39 is 0 Å². The first-order valence-corrected chi connectivity index (χ1v) is 6.69. The highest BCUT2D eigenvalue weighted by Crippen LogP contribution is 2.12. The fraction of sp³-hybridized carbons (Fsp3) is 0.769. The average molecular weight is 236 g/mol. The number of aryl methyl sites for hydroxylation is 1. The maximum absolute atomic E-state index is 4.31. The van der Waals surface area contributed by atoms with Crippen LogP contribution in [0.2, 0.25) is 0 Å². The van der Waals surface area contributed by atoms with E-state index in [2.05, 4.69) is 40.0 Å². The molecule has 0 bridgehead atoms. The summed E-state index contributed by atoms with van der Waals surface area (Å²) >= 11 is 0. The molecule has 1 aliphatic rings. The van der Waals surface area contributed by atoms with Crippen molar-refractivity contribution >= 4 is 0 Å². The van der Waals surface area contributed by atoms with E-state index in [1.54, 1.807) is 0 Å². The van der Waals surface area contributed by atoms with Gasteiger partial charge in [0.05, 0.1) is 5.69 Å². The summed E-state index contributed by atoms with van der Waals surface area (Å²) in [6.45, 7) is 7.66. The van der Waals surface area contributed by atoms with Gasteiger partial charge in [0.15, 0.2) is 0 Å². The lowest BCUT2D eigenvalue weighted by atomic mass is 9.99. The minimum atomic E-state index is 0.812. The summed E-state index contributed by atoms with van der Waals surface area (Å²) in [5, 5.41) is 7.79. The first kappa shape index (κ1) is 12.6. The topological polar surface area (TPSA) is 33.1 Å². The summed E-state index contributed by atoms with van der Waals surface area (Å²) in [6.07, 6.45) is 4.59. The smallest absolute Gasteiger partial charge is 0.0524 e. The van der Waals surface area contributed by atoms with Gasteiger partial charge in [-0.2, -0.15) is 5.10 Å². The van der Waals surface area contributed by atoms with Crippen LogP contribution in [0.5, 0.6) is 0 Å². The first-order valence-electron chi connectivity index (χ1n) is 6.69. The van der Waals surface area contributed by atoms with E-state index in [0.717, 1.165) is 19.0 Å². The second-order valence-electron chi connectivity index (χ2n) is 5.05. The molecule has 0 amide bonds. The lowest BCUT2D eigenvalue weighted by molar-refractivity contribution is 0.232. The molecule has 17 heavy (non-hydrogen) atoms. The molecule has 1 aromatic rings. The van der Waals surface area contributed by atoms with E-state index in [9.17, 15) is 0 Å². The van der Waals surface area contributed by atoms with Crippen LogP contribution in [0.3, 0.4) is 0 Å². The predicted molar refractivity (Wildman–Crippen MR) is 69.8 cm³/mol. The van der Waals surface area contributed by atoms with Crippen LogP contribution in [0, 0.1) is 5.92 Å². The molecule has 0 radical (unpaired) electrons. The Kier molecular flexibility index (Phi) is 4.57. The number of rotatable bonds is 5. The molecule has 1 atom stereocenters. The van der Waals surface area contributed by atoms with Crippen molar-refractivity contribution in [2.45, 2.75) is 32.9 Å². The molecule has 1 aliphatic heterocycles. The number of nitrogens with zero attached hydrogens (tertiary/aromatic N) is 3. The Hall–Kier alpha value is -0.870. The van der Waals surface area contributed by atoms with Crippen molar-refractivity contribution in [3.63, 3.8) is 0 Å². The zero-order valence-corrected chi connectivity index (χ0v) is 11.0. The normalized spacial score (nSPS) is 21.0. The summed E-state index contributed by atoms with van der Waals surface area (Å²) in [5.41, 5.74) is 1.32. The van der Waals surface area contributed by atoms with Crippen LogP contribution in [0.1, 0.15) is 25.5 Å². The third-order valence-electron chi connectivity index (χ3n) is 3.50. The van der Waals surface area contributed by atoms with Gasteiger partial charge in [-0.1, -0.05) is 0 Å². The maximum atomic E-state index is 4.31. The third kappa shape index (κ3) is 3.54. The van der Waals surface area contributed by atoms with Crippen molar-refractivity contribution in [3.8, 4) is 0 Å². The lowest BCUT2D eigenvalue weighted by Gasteiger charge is -2.27. The van der Waals surface area contributed by atoms with Crippen molar-refractivity contribution in [2.24, 2.45) is 5.92 Å². The van der Waals surface area contributed by atoms with Gasteiger partial charge in [0.2, 0.25) is 0 Å². The van der Waals surface area contributed by atoms with Crippen molar-refractivity contribution < 1.29 is 0 Å². The summed E-state index contributed by atoms with van der Waals surface area (Å²) in [5.74, 6) is 0.812. The molecule has 0 aliphatic carbocycles. The van der Waals surface area contributed by atoms with Gasteiger partial charge in [0, 0.05) is 25.8 Å². The number of hydrogen-bond acceptors (Lipinski definition) is 3. The van der Waals surface area contributed by atoms with Crippen LogP contribution in [-0.4, -0.2) is 41.4 Å². The van der Waals surface area contributed by atoms with Gasteiger partial charge < -0.3 is 10.2 Å². The van der Waals surface area contributed by atoms with Gasteiger partial charge >= 0.3 is 0 Å². The fourth-order valence-electron chi connectivity index (χ4n) is 2.64. The van der Waals surface area contributed by atoms with E-state index >= 15 is 0 Å². The summed E-state index contributed by atoms with van der Waals surface area (Å²) in [7, 11) is 2.21. The molecular formula is C13H24N4. The molecule has 1 unspecified atom stereocenters. The van der Waals surface area contributed by atoms with E-state index in [-0.39, 0.29) is 0 Å². The Labute approximate surface area is 104 Å². The Balaban J connectivity index is 1.82. The Bertz CT molecular complexity index is 328. The van der Waals surface area contributed by atoms with Crippen LogP contribution >= 0.6 is 0 Å². The highest BCUT2D eigenvalue weighted by Gasteiger charge is 2.15. The maximum Gasteiger partial charge on any atom is 0.0524 e. The lowest BCUT2D eigenvalue weighted by Crippen LogP contribution is -2.36. The molecule has 96 valence electrons. The molecule has 1 saturated heterocycles. The highest BCUT2D eigenvalue weighted by molar-refractivity contribution is 5.00. The van der Waals surface area contributed by atoms with E-state index in [0.29, 0.717) is 0 Å². The van der Waals surface area contributed by atoms with E-state index in [1.165, 1.54) is 38.2 Å². The van der Waals surface area contributed by atoms with Crippen LogP contribution in [0.4, 0.5) is 0 Å². The Morgan fingerprint density at radius 2 is 2.47 bits per heavy atom. The SMILES string of the molecule is CCn1nccc1CN(C)CC1CCCNC1. The minimum Gasteiger partial charge on any atom is -0.316 e. The molecule has 0 spiro atoms. The van der Waals surface area contributed by atoms with Crippen LogP contribution < -0.4 is 5.32 Å². The van der Waals surface area contributed by atoms with Gasteiger partial charge in [-0.15, -0.1) is 0 Å². The third-order valence-corrected chi connectivity index (χ3v) is 3.50.